The maximum absolute atomic E-state index is 13.8. The number of amides is 1. The van der Waals surface area contributed by atoms with Crippen molar-refractivity contribution in [2.45, 2.75) is 45.5 Å². The predicted octanol–water partition coefficient (Wildman–Crippen LogP) is 4.67. The van der Waals surface area contributed by atoms with E-state index in [4.69, 9.17) is 0 Å². The second-order valence-electron chi connectivity index (χ2n) is 9.12. The number of nitrogens with zero attached hydrogens (tertiary/aromatic N) is 5. The van der Waals surface area contributed by atoms with Crippen molar-refractivity contribution >= 4 is 5.91 Å². The topological polar surface area (TPSA) is 56.0 Å². The van der Waals surface area contributed by atoms with Crippen LogP contribution in [0.4, 0.5) is 26.3 Å². The minimum absolute atomic E-state index is 0.0503. The molecule has 34 heavy (non-hydrogen) atoms. The summed E-state index contributed by atoms with van der Waals surface area (Å²) < 4.78 is 84.6. The van der Waals surface area contributed by atoms with Crippen molar-refractivity contribution in [2.24, 2.45) is 7.05 Å². The number of fused-ring (bicyclic) bond motifs is 1. The zero-order chi connectivity index (χ0) is 25.2. The lowest BCUT2D eigenvalue weighted by atomic mass is 9.99. The maximum atomic E-state index is 13.8. The lowest BCUT2D eigenvalue weighted by Crippen LogP contribution is -2.37. The highest BCUT2D eigenvalue weighted by Gasteiger charge is 2.43. The minimum atomic E-state index is -4.80. The number of aromatic nitrogens is 4. The van der Waals surface area contributed by atoms with Gasteiger partial charge in [-0.2, -0.15) is 23.4 Å². The van der Waals surface area contributed by atoms with Gasteiger partial charge in [0.2, 0.25) is 0 Å². The number of carbonyl (C=O) groups is 1. The smallest absolute Gasteiger partial charge is 0.332 e. The van der Waals surface area contributed by atoms with Crippen molar-refractivity contribution in [3.8, 4) is 11.3 Å². The van der Waals surface area contributed by atoms with E-state index in [0.717, 1.165) is 23.0 Å². The molecular formula is C22H21F6N5O. The Morgan fingerprint density at radius 3 is 2.24 bits per heavy atom. The highest BCUT2D eigenvalue weighted by molar-refractivity contribution is 5.95. The third kappa shape index (κ3) is 3.94. The summed E-state index contributed by atoms with van der Waals surface area (Å²) >= 11 is 0. The number of halogens is 6. The standard InChI is InChI=1S/C22H21F6N5O/c1-21(2,3)33-19(22(26,27)28)13(9-29-33)20(34)32-6-5-12-16(10-32)30-31(4)18(12)11-7-14(23)17(25)15(24)8-11/h7-9H,5-6,10H2,1-4H3. The van der Waals surface area contributed by atoms with E-state index < -0.39 is 46.3 Å². The molecule has 4 rings (SSSR count). The Hall–Kier alpha value is -3.31. The van der Waals surface area contributed by atoms with Crippen molar-refractivity contribution in [1.82, 2.24) is 24.5 Å². The van der Waals surface area contributed by atoms with Crippen molar-refractivity contribution < 1.29 is 31.1 Å². The number of rotatable bonds is 2. The normalized spacial score (nSPS) is 14.5. The summed E-state index contributed by atoms with van der Waals surface area (Å²) in [6.45, 7) is 4.59. The highest BCUT2D eigenvalue weighted by Crippen LogP contribution is 2.37. The van der Waals surface area contributed by atoms with Gasteiger partial charge in [0.15, 0.2) is 23.1 Å². The molecule has 2 aromatic heterocycles. The molecule has 1 amide bonds. The van der Waals surface area contributed by atoms with Gasteiger partial charge in [0.05, 0.1) is 35.2 Å². The summed E-state index contributed by atoms with van der Waals surface area (Å²) in [7, 11) is 1.52. The summed E-state index contributed by atoms with van der Waals surface area (Å²) in [4.78, 5) is 14.3. The second kappa shape index (κ2) is 7.88. The lowest BCUT2D eigenvalue weighted by Gasteiger charge is -2.28. The molecule has 0 fully saturated rings. The van der Waals surface area contributed by atoms with Crippen LogP contribution in [0.25, 0.3) is 11.3 Å². The van der Waals surface area contributed by atoms with Crippen LogP contribution in [0.15, 0.2) is 18.3 Å². The van der Waals surface area contributed by atoms with E-state index in [1.165, 1.54) is 16.6 Å². The van der Waals surface area contributed by atoms with Crippen LogP contribution in [0.1, 0.15) is 48.1 Å². The van der Waals surface area contributed by atoms with Crippen molar-refractivity contribution in [2.75, 3.05) is 6.54 Å². The Labute approximate surface area is 190 Å². The summed E-state index contributed by atoms with van der Waals surface area (Å²) in [6, 6.07) is 1.70. The van der Waals surface area contributed by atoms with Crippen molar-refractivity contribution in [3.05, 3.63) is 58.3 Å². The molecule has 6 nitrogen and oxygen atoms in total. The molecule has 0 N–H and O–H groups in total. The molecule has 0 saturated heterocycles. The van der Waals surface area contributed by atoms with Crippen LogP contribution in [0.3, 0.4) is 0 Å². The molecule has 1 aliphatic rings. The van der Waals surface area contributed by atoms with Crippen LogP contribution in [-0.4, -0.2) is 36.9 Å². The monoisotopic (exact) mass is 485 g/mol. The van der Waals surface area contributed by atoms with Crippen LogP contribution < -0.4 is 0 Å². The van der Waals surface area contributed by atoms with Crippen LogP contribution in [0.2, 0.25) is 0 Å². The Bertz CT molecular complexity index is 1260. The lowest BCUT2D eigenvalue weighted by molar-refractivity contribution is -0.146. The van der Waals surface area contributed by atoms with Gasteiger partial charge in [-0.15, -0.1) is 0 Å². The fourth-order valence-corrected chi connectivity index (χ4v) is 4.20. The first kappa shape index (κ1) is 23.8. The number of hydrogen-bond donors (Lipinski definition) is 0. The van der Waals surface area contributed by atoms with E-state index in [0.29, 0.717) is 17.0 Å². The van der Waals surface area contributed by atoms with E-state index in [2.05, 4.69) is 10.2 Å². The Morgan fingerprint density at radius 2 is 1.68 bits per heavy atom. The molecular weight excluding hydrogens is 464 g/mol. The molecule has 0 atom stereocenters. The largest absolute Gasteiger partial charge is 0.433 e. The van der Waals surface area contributed by atoms with E-state index in [9.17, 15) is 31.1 Å². The first-order chi connectivity index (χ1) is 15.7. The fourth-order valence-electron chi connectivity index (χ4n) is 4.20. The van der Waals surface area contributed by atoms with Gasteiger partial charge < -0.3 is 4.90 Å². The average Bonchev–Trinajstić information content (AvgIpc) is 3.31. The van der Waals surface area contributed by atoms with Gasteiger partial charge in [0, 0.05) is 24.7 Å². The molecule has 0 spiro atoms. The molecule has 182 valence electrons. The van der Waals surface area contributed by atoms with Gasteiger partial charge >= 0.3 is 6.18 Å². The summed E-state index contributed by atoms with van der Waals surface area (Å²) in [5.74, 6) is -5.14. The maximum Gasteiger partial charge on any atom is 0.433 e. The Kier molecular flexibility index (Phi) is 5.52. The number of aryl methyl sites for hydroxylation is 1. The van der Waals surface area contributed by atoms with E-state index in [1.54, 1.807) is 20.8 Å². The number of alkyl halides is 3. The Morgan fingerprint density at radius 1 is 1.06 bits per heavy atom. The molecule has 0 bridgehead atoms. The molecule has 3 heterocycles. The number of benzene rings is 1. The summed E-state index contributed by atoms with van der Waals surface area (Å²) in [5.41, 5.74) is -1.33. The summed E-state index contributed by atoms with van der Waals surface area (Å²) in [5, 5.41) is 8.12. The van der Waals surface area contributed by atoms with Crippen LogP contribution in [0.5, 0.6) is 0 Å². The quantitative estimate of drug-likeness (QED) is 0.392. The van der Waals surface area contributed by atoms with Crippen LogP contribution >= 0.6 is 0 Å². The first-order valence-corrected chi connectivity index (χ1v) is 10.3. The molecule has 3 aromatic rings. The second-order valence-corrected chi connectivity index (χ2v) is 9.12. The van der Waals surface area contributed by atoms with Gasteiger partial charge in [-0.05, 0) is 39.3 Å². The molecule has 0 radical (unpaired) electrons. The molecule has 12 heteroatoms. The van der Waals surface area contributed by atoms with Gasteiger partial charge in [0.1, 0.15) is 0 Å². The van der Waals surface area contributed by atoms with Crippen molar-refractivity contribution in [3.63, 3.8) is 0 Å². The van der Waals surface area contributed by atoms with Gasteiger partial charge in [-0.3, -0.25) is 14.2 Å². The third-order valence-electron chi connectivity index (χ3n) is 5.65. The molecule has 0 aliphatic carbocycles. The van der Waals surface area contributed by atoms with Crippen LogP contribution in [0, 0.1) is 17.5 Å². The average molecular weight is 485 g/mol. The molecule has 1 aliphatic heterocycles. The minimum Gasteiger partial charge on any atom is -0.332 e. The summed E-state index contributed by atoms with van der Waals surface area (Å²) in [6.07, 6.45) is -3.70. The first-order valence-electron chi connectivity index (χ1n) is 10.3. The molecule has 1 aromatic carbocycles. The SMILES string of the molecule is Cn1nc2c(c1-c1cc(F)c(F)c(F)c1)CCN(C(=O)c1cnn(C(C)(C)C)c1C(F)(F)F)C2. The fraction of sp³-hybridized carbons (Fsp3) is 0.409. The van der Waals surface area contributed by atoms with E-state index >= 15 is 0 Å². The molecule has 0 saturated carbocycles. The van der Waals surface area contributed by atoms with E-state index in [-0.39, 0.29) is 25.1 Å². The zero-order valence-corrected chi connectivity index (χ0v) is 18.8. The van der Waals surface area contributed by atoms with Gasteiger partial charge in [-0.25, -0.2) is 13.2 Å². The Balaban J connectivity index is 1.69. The number of carbonyl (C=O) groups excluding carboxylic acids is 1. The highest BCUT2D eigenvalue weighted by atomic mass is 19.4. The number of hydrogen-bond acceptors (Lipinski definition) is 3. The molecule has 0 unspecified atom stereocenters. The zero-order valence-electron chi connectivity index (χ0n) is 18.8. The van der Waals surface area contributed by atoms with Crippen LogP contribution in [-0.2, 0) is 31.7 Å². The van der Waals surface area contributed by atoms with E-state index in [1.807, 2.05) is 0 Å². The van der Waals surface area contributed by atoms with Crippen molar-refractivity contribution in [1.29, 1.82) is 0 Å². The van der Waals surface area contributed by atoms with Gasteiger partial charge in [0.25, 0.3) is 5.91 Å². The predicted molar refractivity (Wildman–Crippen MR) is 109 cm³/mol. The van der Waals surface area contributed by atoms with Gasteiger partial charge in [-0.1, -0.05) is 0 Å². The third-order valence-corrected chi connectivity index (χ3v) is 5.65.